The second kappa shape index (κ2) is 16.2. The highest BCUT2D eigenvalue weighted by Crippen LogP contribution is 2.66. The van der Waals surface area contributed by atoms with Crippen molar-refractivity contribution in [2.75, 3.05) is 33.0 Å². The molecule has 0 spiro atoms. The molecule has 3 fully saturated rings. The van der Waals surface area contributed by atoms with Crippen molar-refractivity contribution in [1.82, 2.24) is 19.9 Å². The van der Waals surface area contributed by atoms with Crippen LogP contribution in [0, 0.1) is 11.8 Å². The SMILES string of the molecule is CC(=O)OC[C@H](OC(C)=O)C1C(O)C(OC(C)=O)C2C(OP(=O)(O)OP(O)(=S)OC[C@H]3O[C@@H](c4c[nH]c5c(N)ncnc45)[C@](C)(F)[C@@H]3N(C)C)OC21OC(C)=O. The number of hydrogen-bond acceptors (Lipinski definition) is 20. The van der Waals surface area contributed by atoms with Crippen LogP contribution in [0.3, 0.4) is 0 Å². The minimum absolute atomic E-state index is 0.123. The van der Waals surface area contributed by atoms with Gasteiger partial charge in [-0.05, 0) is 32.8 Å². The zero-order chi connectivity index (χ0) is 41.7. The third-order valence-corrected chi connectivity index (χ3v) is 12.8. The van der Waals surface area contributed by atoms with Gasteiger partial charge in [0, 0.05) is 39.5 Å². The summed E-state index contributed by atoms with van der Waals surface area (Å²) >= 11 is 5.00. The number of nitrogens with one attached hydrogen (secondary N) is 1. The van der Waals surface area contributed by atoms with E-state index in [1.165, 1.54) is 24.3 Å². The second-order valence-corrected chi connectivity index (χ2v) is 18.0. The largest absolute Gasteiger partial charge is 0.481 e. The number of hydrogen-bond donors (Lipinski definition) is 5. The molecule has 2 saturated heterocycles. The highest BCUT2D eigenvalue weighted by atomic mass is 32.5. The molecule has 0 aromatic carbocycles. The Hall–Kier alpha value is -3.25. The standard InChI is InChI=1S/C30H42FN5O17P2S/c1-12(37)45-9-17(47-13(2)38)19-23(41)24(48-14(3)39)20-28(51-30(19,20)50-15(4)40)52-54(42,43)53-55(44,56)46-10-18-25(36(6)7)29(5,31)26(49-18)16-8-33-22-21(16)34-11-35-27(22)32/h8,11,17-20,23-26,28,33,41H,9-10H2,1-7H3,(H,42,43)(H,44,56)(H2,32,34,35)/t17-,18+,19?,20?,23?,24?,25+,26-,28?,29+,30?,55?/m0/s1. The van der Waals surface area contributed by atoms with Crippen molar-refractivity contribution in [3.05, 3.63) is 18.1 Å². The third-order valence-electron chi connectivity index (χ3n) is 9.32. The summed E-state index contributed by atoms with van der Waals surface area (Å²) in [6, 6.07) is -1.04. The molecule has 5 rings (SSSR count). The van der Waals surface area contributed by atoms with Crippen LogP contribution >= 0.6 is 14.5 Å². The number of aliphatic hydroxyl groups excluding tert-OH is 1. The van der Waals surface area contributed by atoms with Crippen molar-refractivity contribution in [2.24, 2.45) is 11.8 Å². The number of aromatic nitrogens is 3. The van der Waals surface area contributed by atoms with E-state index in [-0.39, 0.29) is 5.82 Å². The van der Waals surface area contributed by atoms with Crippen LogP contribution in [0.25, 0.3) is 11.0 Å². The normalized spacial score (nSPS) is 33.8. The summed E-state index contributed by atoms with van der Waals surface area (Å²) in [7, 11) is -2.41. The molecule has 26 heteroatoms. The number of aromatic amines is 1. The summed E-state index contributed by atoms with van der Waals surface area (Å²) in [4.78, 5) is 82.3. The summed E-state index contributed by atoms with van der Waals surface area (Å²) in [5.41, 5.74) is 4.78. The van der Waals surface area contributed by atoms with Gasteiger partial charge in [0.25, 0.3) is 0 Å². The van der Waals surface area contributed by atoms with Crippen LogP contribution in [0.2, 0.25) is 0 Å². The number of nitrogen functional groups attached to an aromatic ring is 1. The second-order valence-electron chi connectivity index (χ2n) is 13.6. The van der Waals surface area contributed by atoms with Crippen LogP contribution in [0.5, 0.6) is 0 Å². The van der Waals surface area contributed by atoms with Crippen LogP contribution in [-0.4, -0.2) is 134 Å². The van der Waals surface area contributed by atoms with Gasteiger partial charge in [-0.2, -0.15) is 0 Å². The monoisotopic (exact) mass is 857 g/mol. The smallest absolute Gasteiger partial charge is 0.462 e. The molecule has 1 aliphatic carbocycles. The molecule has 0 amide bonds. The van der Waals surface area contributed by atoms with Crippen LogP contribution in [0.15, 0.2) is 12.5 Å². The number of esters is 4. The molecule has 312 valence electrons. The first-order valence-corrected chi connectivity index (χ1v) is 20.8. The lowest BCUT2D eigenvalue weighted by molar-refractivity contribution is -0.426. The van der Waals surface area contributed by atoms with E-state index in [2.05, 4.69) is 15.0 Å². The molecule has 2 aromatic rings. The summed E-state index contributed by atoms with van der Waals surface area (Å²) in [5.74, 6) is -9.23. The summed E-state index contributed by atoms with van der Waals surface area (Å²) in [6.07, 6.45) is -6.92. The number of carbonyl (C=O) groups excluding carboxylic acids is 4. The number of anilines is 1. The van der Waals surface area contributed by atoms with Gasteiger partial charge in [0.05, 0.1) is 24.1 Å². The molecule has 4 heterocycles. The number of likely N-dealkylation sites (N-methyl/N-ethyl adjacent to an activating group) is 1. The van der Waals surface area contributed by atoms with Crippen LogP contribution in [0.4, 0.5) is 10.2 Å². The highest BCUT2D eigenvalue weighted by molar-refractivity contribution is 8.08. The maximum atomic E-state index is 16.6. The number of H-pyrrole nitrogens is 1. The zero-order valence-electron chi connectivity index (χ0n) is 30.9. The molecule has 2 aliphatic heterocycles. The van der Waals surface area contributed by atoms with Gasteiger partial charge in [0.15, 0.2) is 17.8 Å². The van der Waals surface area contributed by atoms with E-state index >= 15 is 4.39 Å². The molecule has 1 saturated carbocycles. The van der Waals surface area contributed by atoms with Crippen molar-refractivity contribution < 1.29 is 84.8 Å². The lowest BCUT2D eigenvalue weighted by atomic mass is 9.85. The number of halogens is 1. The Bertz CT molecular complexity index is 1960. The zero-order valence-corrected chi connectivity index (χ0v) is 33.5. The van der Waals surface area contributed by atoms with E-state index in [0.29, 0.717) is 16.6 Å². The molecule has 8 unspecified atom stereocenters. The fourth-order valence-electron chi connectivity index (χ4n) is 7.60. The van der Waals surface area contributed by atoms with E-state index in [1.54, 1.807) is 14.1 Å². The number of phosphoric ester groups is 1. The first-order valence-electron chi connectivity index (χ1n) is 16.7. The summed E-state index contributed by atoms with van der Waals surface area (Å²) < 4.78 is 78.1. The van der Waals surface area contributed by atoms with Crippen molar-refractivity contribution in [2.45, 2.75) is 88.9 Å². The van der Waals surface area contributed by atoms with Gasteiger partial charge in [-0.3, -0.25) is 23.7 Å². The molecule has 2 aromatic heterocycles. The van der Waals surface area contributed by atoms with Crippen LogP contribution < -0.4 is 5.73 Å². The first-order chi connectivity index (χ1) is 25.9. The average Bonchev–Trinajstić information content (AvgIpc) is 3.63. The Morgan fingerprint density at radius 1 is 1.12 bits per heavy atom. The molecular formula is C30H42FN5O17P2S. The predicted octanol–water partition coefficient (Wildman–Crippen LogP) is 0.655. The number of nitrogens with two attached hydrogens (primary N) is 1. The van der Waals surface area contributed by atoms with Crippen molar-refractivity contribution in [3.63, 3.8) is 0 Å². The van der Waals surface area contributed by atoms with Gasteiger partial charge in [-0.25, -0.2) is 23.2 Å². The number of carbonyl (C=O) groups is 4. The van der Waals surface area contributed by atoms with Gasteiger partial charge in [0.1, 0.15) is 54.9 Å². The van der Waals surface area contributed by atoms with E-state index in [9.17, 15) is 38.6 Å². The van der Waals surface area contributed by atoms with Crippen LogP contribution in [-0.2, 0) is 77.3 Å². The topological polar surface area (TPSA) is 300 Å². The van der Waals surface area contributed by atoms with E-state index in [1.807, 2.05) is 0 Å². The number of aliphatic hydroxyl groups is 1. The molecule has 6 N–H and O–H groups in total. The van der Waals surface area contributed by atoms with E-state index in [0.717, 1.165) is 27.7 Å². The lowest BCUT2D eigenvalue weighted by Crippen LogP contribution is -2.67. The minimum Gasteiger partial charge on any atom is -0.462 e. The number of phosphoric acid groups is 1. The molecule has 3 aliphatic rings. The van der Waals surface area contributed by atoms with Gasteiger partial charge in [-0.1, -0.05) is 0 Å². The number of nitrogens with zero attached hydrogens (tertiary/aromatic N) is 3. The molecule has 13 atom stereocenters. The third kappa shape index (κ3) is 8.76. The van der Waals surface area contributed by atoms with Gasteiger partial charge >= 0.3 is 38.4 Å². The van der Waals surface area contributed by atoms with Crippen LogP contribution in [0.1, 0.15) is 46.3 Å². The Balaban J connectivity index is 1.34. The number of rotatable bonds is 15. The Morgan fingerprint density at radius 2 is 1.80 bits per heavy atom. The molecule has 0 bridgehead atoms. The maximum absolute atomic E-state index is 16.6. The van der Waals surface area contributed by atoms with Crippen molar-refractivity contribution in [1.29, 1.82) is 0 Å². The molecule has 22 nitrogen and oxygen atoms in total. The Kier molecular flexibility index (Phi) is 12.7. The first kappa shape index (κ1) is 43.9. The molecule has 0 radical (unpaired) electrons. The molecular weight excluding hydrogens is 815 g/mol. The minimum atomic E-state index is -5.55. The summed E-state index contributed by atoms with van der Waals surface area (Å²) in [6.45, 7) is -0.853. The number of fused-ring (bicyclic) bond motifs is 2. The van der Waals surface area contributed by atoms with Crippen molar-refractivity contribution in [3.8, 4) is 0 Å². The predicted molar refractivity (Wildman–Crippen MR) is 187 cm³/mol. The van der Waals surface area contributed by atoms with Gasteiger partial charge in [0.2, 0.25) is 5.79 Å². The quantitative estimate of drug-likeness (QED) is 0.0933. The average molecular weight is 858 g/mol. The fraction of sp³-hybridized carbons (Fsp3) is 0.667. The van der Waals surface area contributed by atoms with Crippen molar-refractivity contribution >= 4 is 67.1 Å². The van der Waals surface area contributed by atoms with Gasteiger partial charge in [-0.15, -0.1) is 0 Å². The van der Waals surface area contributed by atoms with E-state index < -0.39 is 118 Å². The Labute approximate surface area is 323 Å². The molecule has 56 heavy (non-hydrogen) atoms. The summed E-state index contributed by atoms with van der Waals surface area (Å²) in [5, 5.41) is 11.4. The van der Waals surface area contributed by atoms with E-state index in [4.69, 9.17) is 59.3 Å². The van der Waals surface area contributed by atoms with Gasteiger partial charge < -0.3 is 63.5 Å². The fourth-order valence-corrected chi connectivity index (χ4v) is 10.7. The maximum Gasteiger partial charge on any atom is 0.481 e. The number of ether oxygens (including phenoxy) is 6. The Morgan fingerprint density at radius 3 is 2.39 bits per heavy atom. The number of alkyl halides is 1. The highest BCUT2D eigenvalue weighted by Gasteiger charge is 2.78. The lowest BCUT2D eigenvalue weighted by Gasteiger charge is -2.52.